The Morgan fingerprint density at radius 2 is 1.13 bits per heavy atom. The van der Waals surface area contributed by atoms with Crippen molar-refractivity contribution in [1.82, 2.24) is 0 Å². The molecule has 4 aromatic rings. The third-order valence-electron chi connectivity index (χ3n) is 5.01. The molecule has 0 atom stereocenters. The zero-order valence-corrected chi connectivity index (χ0v) is 17.8. The van der Waals surface area contributed by atoms with Gasteiger partial charge in [-0.05, 0) is 12.1 Å². The summed E-state index contributed by atoms with van der Waals surface area (Å²) in [4.78, 5) is 12.4. The third-order valence-corrected chi connectivity index (χ3v) is 8.13. The quantitative estimate of drug-likeness (QED) is 0.255. The van der Waals surface area contributed by atoms with Gasteiger partial charge in [-0.3, -0.25) is 4.79 Å². The van der Waals surface area contributed by atoms with E-state index in [0.29, 0.717) is 16.6 Å². The molecule has 0 unspecified atom stereocenters. The van der Waals surface area contributed by atoms with Crippen LogP contribution < -0.4 is 21.2 Å². The fraction of sp³-hybridized carbons (Fsp3) is 0. The summed E-state index contributed by atoms with van der Waals surface area (Å²) >= 11 is 0. The normalized spacial score (nSPS) is 11.4. The number of hydrogen-bond donors (Lipinski definition) is 1. The molecule has 0 aliphatic rings. The summed E-state index contributed by atoms with van der Waals surface area (Å²) in [6.07, 6.45) is 3.09. The van der Waals surface area contributed by atoms with Crippen LogP contribution in [-0.2, 0) is 4.57 Å². The monoisotopic (exact) mass is 423 g/mol. The fourth-order valence-electron chi connectivity index (χ4n) is 3.48. The van der Waals surface area contributed by atoms with Gasteiger partial charge in [0.25, 0.3) is 0 Å². The average Bonchev–Trinajstić information content (AvgIpc) is 2.85. The van der Waals surface area contributed by atoms with Crippen LogP contribution in [0.3, 0.4) is 0 Å². The van der Waals surface area contributed by atoms with Crippen LogP contribution in [0.5, 0.6) is 0 Å². The van der Waals surface area contributed by atoms with Crippen molar-refractivity contribution in [2.45, 2.75) is 0 Å². The van der Waals surface area contributed by atoms with E-state index in [2.05, 4.69) is 5.32 Å². The Labute approximate surface area is 182 Å². The number of nitrogens with one attached hydrogen (secondary N) is 1. The Kier molecular flexibility index (Phi) is 6.26. The van der Waals surface area contributed by atoms with E-state index in [1.807, 2.05) is 103 Å². The summed E-state index contributed by atoms with van der Waals surface area (Å²) in [6, 6.07) is 35.7. The summed E-state index contributed by atoms with van der Waals surface area (Å²) in [7, 11) is -3.12. The molecule has 31 heavy (non-hydrogen) atoms. The Morgan fingerprint density at radius 1 is 0.645 bits per heavy atom. The number of hydrogen-bond acceptors (Lipinski definition) is 3. The molecule has 4 heteroatoms. The van der Waals surface area contributed by atoms with Gasteiger partial charge in [0.05, 0.1) is 0 Å². The standard InChI is InChI=1S/C27H22NO2P/c29-26(22-12-4-1-5-13-22)20-21-28-25-18-10-11-19-27(25)31(30,23-14-6-2-7-15-23)24-16-8-3-9-17-24/h1-21,28H/b21-20+. The summed E-state index contributed by atoms with van der Waals surface area (Å²) in [5.41, 5.74) is 1.32. The number of ketones is 1. The molecule has 0 saturated carbocycles. The van der Waals surface area contributed by atoms with Crippen LogP contribution in [0.2, 0.25) is 0 Å². The van der Waals surface area contributed by atoms with E-state index < -0.39 is 7.14 Å². The highest BCUT2D eigenvalue weighted by atomic mass is 31.2. The van der Waals surface area contributed by atoms with Crippen LogP contribution >= 0.6 is 7.14 Å². The number of carbonyl (C=O) groups excluding carboxylic acids is 1. The second-order valence-electron chi connectivity index (χ2n) is 7.01. The third kappa shape index (κ3) is 4.42. The van der Waals surface area contributed by atoms with Gasteiger partial charge in [-0.1, -0.05) is 103 Å². The van der Waals surface area contributed by atoms with Gasteiger partial charge in [0.2, 0.25) is 0 Å². The SMILES string of the molecule is O=C(/C=C/Nc1ccccc1P(=O)(c1ccccc1)c1ccccc1)c1ccccc1. The van der Waals surface area contributed by atoms with Crippen LogP contribution in [-0.4, -0.2) is 5.78 Å². The van der Waals surface area contributed by atoms with Crippen molar-refractivity contribution in [3.8, 4) is 0 Å². The molecule has 0 bridgehead atoms. The van der Waals surface area contributed by atoms with E-state index in [4.69, 9.17) is 0 Å². The number of carbonyl (C=O) groups is 1. The number of benzene rings is 4. The van der Waals surface area contributed by atoms with E-state index in [1.165, 1.54) is 6.08 Å². The van der Waals surface area contributed by atoms with Gasteiger partial charge in [0, 0.05) is 39.4 Å². The molecule has 0 amide bonds. The van der Waals surface area contributed by atoms with Crippen LogP contribution in [0.1, 0.15) is 10.4 Å². The van der Waals surface area contributed by atoms with E-state index in [-0.39, 0.29) is 5.78 Å². The molecule has 4 rings (SSSR count). The van der Waals surface area contributed by atoms with Gasteiger partial charge in [-0.25, -0.2) is 0 Å². The van der Waals surface area contributed by atoms with Crippen LogP contribution in [0.25, 0.3) is 0 Å². The maximum atomic E-state index is 14.6. The van der Waals surface area contributed by atoms with Gasteiger partial charge < -0.3 is 9.88 Å². The molecule has 0 aromatic heterocycles. The first-order valence-corrected chi connectivity index (χ1v) is 11.7. The molecule has 0 heterocycles. The van der Waals surface area contributed by atoms with Crippen molar-refractivity contribution in [3.05, 3.63) is 133 Å². The predicted molar refractivity (Wildman–Crippen MR) is 129 cm³/mol. The van der Waals surface area contributed by atoms with E-state index in [1.54, 1.807) is 18.3 Å². The lowest BCUT2D eigenvalue weighted by molar-refractivity contribution is 0.104. The maximum Gasteiger partial charge on any atom is 0.187 e. The molecule has 0 fully saturated rings. The van der Waals surface area contributed by atoms with Gasteiger partial charge in [-0.15, -0.1) is 0 Å². The Balaban J connectivity index is 1.73. The highest BCUT2D eigenvalue weighted by Gasteiger charge is 2.31. The molecule has 0 aliphatic heterocycles. The van der Waals surface area contributed by atoms with E-state index in [9.17, 15) is 9.36 Å². The molecule has 1 N–H and O–H groups in total. The van der Waals surface area contributed by atoms with Gasteiger partial charge in [0.15, 0.2) is 12.9 Å². The minimum atomic E-state index is -3.12. The number of para-hydroxylation sites is 1. The minimum absolute atomic E-state index is 0.0973. The number of anilines is 1. The average molecular weight is 423 g/mol. The smallest absolute Gasteiger partial charge is 0.187 e. The summed E-state index contributed by atoms with van der Waals surface area (Å²) in [6.45, 7) is 0. The molecular formula is C27H22NO2P. The number of rotatable bonds is 7. The van der Waals surface area contributed by atoms with Crippen molar-refractivity contribution in [2.75, 3.05) is 5.32 Å². The van der Waals surface area contributed by atoms with Crippen LogP contribution in [0.4, 0.5) is 5.69 Å². The van der Waals surface area contributed by atoms with Crippen molar-refractivity contribution in [3.63, 3.8) is 0 Å². The molecule has 152 valence electrons. The van der Waals surface area contributed by atoms with Crippen LogP contribution in [0.15, 0.2) is 128 Å². The van der Waals surface area contributed by atoms with Gasteiger partial charge in [-0.2, -0.15) is 0 Å². The summed E-state index contributed by atoms with van der Waals surface area (Å²) in [5.74, 6) is -0.0973. The number of allylic oxidation sites excluding steroid dienone is 1. The second kappa shape index (κ2) is 9.42. The summed E-state index contributed by atoms with van der Waals surface area (Å²) < 4.78 is 14.6. The van der Waals surface area contributed by atoms with E-state index >= 15 is 0 Å². The first-order chi connectivity index (χ1) is 15.2. The molecule has 0 radical (unpaired) electrons. The first kappa shape index (κ1) is 20.6. The highest BCUT2D eigenvalue weighted by molar-refractivity contribution is 7.85. The molecule has 0 aliphatic carbocycles. The Morgan fingerprint density at radius 3 is 1.71 bits per heavy atom. The predicted octanol–water partition coefficient (Wildman–Crippen LogP) is 5.13. The Bertz CT molecular complexity index is 1190. The zero-order valence-electron chi connectivity index (χ0n) is 16.9. The van der Waals surface area contributed by atoms with Crippen molar-refractivity contribution in [1.29, 1.82) is 0 Å². The lowest BCUT2D eigenvalue weighted by Crippen LogP contribution is -2.26. The molecule has 4 aromatic carbocycles. The molecule has 0 spiro atoms. The van der Waals surface area contributed by atoms with Gasteiger partial charge >= 0.3 is 0 Å². The topological polar surface area (TPSA) is 46.2 Å². The maximum absolute atomic E-state index is 14.6. The molecular weight excluding hydrogens is 401 g/mol. The minimum Gasteiger partial charge on any atom is -0.361 e. The lowest BCUT2D eigenvalue weighted by Gasteiger charge is -2.22. The largest absolute Gasteiger partial charge is 0.361 e. The fourth-order valence-corrected chi connectivity index (χ4v) is 6.29. The first-order valence-electron chi connectivity index (χ1n) is 10.0. The van der Waals surface area contributed by atoms with Crippen molar-refractivity contribution in [2.24, 2.45) is 0 Å². The zero-order chi connectivity index (χ0) is 21.5. The van der Waals surface area contributed by atoms with Crippen molar-refractivity contribution < 1.29 is 9.36 Å². The Hall–Kier alpha value is -3.68. The highest BCUT2D eigenvalue weighted by Crippen LogP contribution is 2.44. The molecule has 3 nitrogen and oxygen atoms in total. The molecule has 0 saturated heterocycles. The van der Waals surface area contributed by atoms with E-state index in [0.717, 1.165) is 10.6 Å². The lowest BCUT2D eigenvalue weighted by atomic mass is 10.1. The van der Waals surface area contributed by atoms with Crippen molar-refractivity contribution >= 4 is 34.5 Å². The van der Waals surface area contributed by atoms with Crippen LogP contribution in [0, 0.1) is 0 Å². The summed E-state index contributed by atoms with van der Waals surface area (Å²) in [5, 5.41) is 5.41. The second-order valence-corrected chi connectivity index (χ2v) is 9.74. The van der Waals surface area contributed by atoms with Gasteiger partial charge in [0.1, 0.15) is 0 Å².